The van der Waals surface area contributed by atoms with E-state index in [1.54, 1.807) is 0 Å². The maximum atomic E-state index is 11.2. The van der Waals surface area contributed by atoms with E-state index >= 15 is 0 Å². The summed E-state index contributed by atoms with van der Waals surface area (Å²) in [5, 5.41) is 20.6. The van der Waals surface area contributed by atoms with Crippen LogP contribution in [0.5, 0.6) is 0 Å². The summed E-state index contributed by atoms with van der Waals surface area (Å²) in [7, 11) is 2.18. The van der Waals surface area contributed by atoms with E-state index in [4.69, 9.17) is 0 Å². The van der Waals surface area contributed by atoms with Crippen molar-refractivity contribution in [2.24, 2.45) is 0 Å². The predicted molar refractivity (Wildman–Crippen MR) is 78.2 cm³/mol. The molecule has 2 saturated heterocycles. The smallest absolute Gasteiger partial charge is 0.0995 e. The minimum atomic E-state index is -0.834. The van der Waals surface area contributed by atoms with Crippen LogP contribution in [0.3, 0.4) is 0 Å². The summed E-state index contributed by atoms with van der Waals surface area (Å²) >= 11 is 0. The van der Waals surface area contributed by atoms with Crippen LogP contribution in [0.25, 0.3) is 0 Å². The van der Waals surface area contributed by atoms with E-state index in [9.17, 15) is 10.4 Å². The van der Waals surface area contributed by atoms with Crippen molar-refractivity contribution in [2.45, 2.75) is 56.7 Å². The third-order valence-corrected chi connectivity index (χ3v) is 5.17. The highest BCUT2D eigenvalue weighted by Gasteiger charge is 2.45. The molecule has 20 heavy (non-hydrogen) atoms. The van der Waals surface area contributed by atoms with E-state index in [1.807, 2.05) is 25.1 Å². The largest absolute Gasteiger partial charge is 0.385 e. The Kier molecular flexibility index (Phi) is 3.32. The van der Waals surface area contributed by atoms with Crippen molar-refractivity contribution in [3.63, 3.8) is 0 Å². The summed E-state index contributed by atoms with van der Waals surface area (Å²) in [4.78, 5) is 2.43. The molecule has 1 aromatic carbocycles. The third-order valence-electron chi connectivity index (χ3n) is 5.17. The number of rotatable bonds is 1. The molecule has 2 heterocycles. The molecule has 0 saturated carbocycles. The number of nitrogens with zero attached hydrogens (tertiary/aromatic N) is 2. The molecule has 2 unspecified atom stereocenters. The molecule has 0 amide bonds. The Hall–Kier alpha value is -1.37. The molecule has 2 aliphatic rings. The van der Waals surface area contributed by atoms with E-state index in [-0.39, 0.29) is 0 Å². The molecule has 0 spiro atoms. The van der Waals surface area contributed by atoms with Gasteiger partial charge in [-0.05, 0) is 45.7 Å². The van der Waals surface area contributed by atoms with E-state index in [0.29, 0.717) is 17.6 Å². The summed E-state index contributed by atoms with van der Waals surface area (Å²) in [6.45, 7) is 2.02. The molecule has 3 heteroatoms. The van der Waals surface area contributed by atoms with Gasteiger partial charge in [-0.2, -0.15) is 5.26 Å². The Bertz CT molecular complexity index is 547. The molecule has 2 fully saturated rings. The van der Waals surface area contributed by atoms with E-state index in [0.717, 1.165) is 36.8 Å². The van der Waals surface area contributed by atoms with Gasteiger partial charge in [-0.1, -0.05) is 24.1 Å². The Morgan fingerprint density at radius 2 is 1.95 bits per heavy atom. The second-order valence-corrected chi connectivity index (χ2v) is 6.50. The van der Waals surface area contributed by atoms with Gasteiger partial charge in [0.1, 0.15) is 0 Å². The van der Waals surface area contributed by atoms with Crippen LogP contribution in [0.15, 0.2) is 18.2 Å². The van der Waals surface area contributed by atoms with Crippen LogP contribution in [0.2, 0.25) is 0 Å². The fourth-order valence-corrected chi connectivity index (χ4v) is 4.01. The lowest BCUT2D eigenvalue weighted by Crippen LogP contribution is -2.55. The van der Waals surface area contributed by atoms with Gasteiger partial charge in [-0.15, -0.1) is 0 Å². The second-order valence-electron chi connectivity index (χ2n) is 6.50. The molecular formula is C17H22N2O. The second kappa shape index (κ2) is 4.87. The Balaban J connectivity index is 2.01. The minimum absolute atomic E-state index is 0.444. The number of aryl methyl sites for hydroxylation is 1. The van der Waals surface area contributed by atoms with Crippen LogP contribution in [-0.4, -0.2) is 29.1 Å². The summed E-state index contributed by atoms with van der Waals surface area (Å²) in [5.41, 5.74) is 1.74. The van der Waals surface area contributed by atoms with Gasteiger partial charge in [0, 0.05) is 17.6 Å². The van der Waals surface area contributed by atoms with Gasteiger partial charge in [-0.25, -0.2) is 0 Å². The summed E-state index contributed by atoms with van der Waals surface area (Å²) in [6, 6.07) is 8.93. The first-order chi connectivity index (χ1) is 9.53. The number of benzene rings is 1. The van der Waals surface area contributed by atoms with Crippen LogP contribution >= 0.6 is 0 Å². The average Bonchev–Trinajstić information content (AvgIpc) is 2.41. The molecule has 0 radical (unpaired) electrons. The van der Waals surface area contributed by atoms with Crippen LogP contribution in [0, 0.1) is 18.3 Å². The van der Waals surface area contributed by atoms with Crippen LogP contribution in [0.4, 0.5) is 0 Å². The van der Waals surface area contributed by atoms with E-state index in [2.05, 4.69) is 18.0 Å². The zero-order chi connectivity index (χ0) is 14.3. The molecule has 2 bridgehead atoms. The topological polar surface area (TPSA) is 47.3 Å². The average molecular weight is 270 g/mol. The van der Waals surface area contributed by atoms with Crippen molar-refractivity contribution >= 4 is 0 Å². The van der Waals surface area contributed by atoms with Gasteiger partial charge in [0.2, 0.25) is 0 Å². The number of hydrogen-bond acceptors (Lipinski definition) is 3. The third kappa shape index (κ3) is 2.13. The molecule has 1 N–H and O–H groups in total. The molecule has 0 aromatic heterocycles. The van der Waals surface area contributed by atoms with Crippen molar-refractivity contribution in [1.82, 2.24) is 4.90 Å². The van der Waals surface area contributed by atoms with Crippen molar-refractivity contribution in [3.8, 4) is 6.07 Å². The normalized spacial score (nSPS) is 33.7. The fourth-order valence-electron chi connectivity index (χ4n) is 4.01. The number of fused-ring (bicyclic) bond motifs is 2. The zero-order valence-corrected chi connectivity index (χ0v) is 12.3. The molecule has 0 aliphatic carbocycles. The van der Waals surface area contributed by atoms with Gasteiger partial charge in [0.15, 0.2) is 0 Å². The zero-order valence-electron chi connectivity index (χ0n) is 12.3. The first-order valence-corrected chi connectivity index (χ1v) is 7.49. The van der Waals surface area contributed by atoms with Gasteiger partial charge in [-0.3, -0.25) is 0 Å². The molecule has 2 aliphatic heterocycles. The number of hydrogen-bond donors (Lipinski definition) is 1. The number of piperidine rings is 2. The maximum Gasteiger partial charge on any atom is 0.0995 e. The predicted octanol–water partition coefficient (Wildman–Crippen LogP) is 2.70. The molecule has 1 aromatic rings. The van der Waals surface area contributed by atoms with Crippen LogP contribution < -0.4 is 0 Å². The first kappa shape index (κ1) is 13.6. The molecule has 2 atom stereocenters. The lowest BCUT2D eigenvalue weighted by Gasteiger charge is -2.51. The van der Waals surface area contributed by atoms with Crippen molar-refractivity contribution in [1.29, 1.82) is 5.26 Å². The fraction of sp³-hybridized carbons (Fsp3) is 0.588. The quantitative estimate of drug-likeness (QED) is 0.853. The summed E-state index contributed by atoms with van der Waals surface area (Å²) in [6.07, 6.45) is 5.07. The lowest BCUT2D eigenvalue weighted by molar-refractivity contribution is -0.0876. The standard InChI is InChI=1S/C17H22N2O/c1-12-6-7-13(11-18)16(8-12)17(20)9-14-4-3-5-15(10-17)19(14)2/h6-8,14-15,20H,3-5,9-10H2,1-2H3. The molecular weight excluding hydrogens is 248 g/mol. The van der Waals surface area contributed by atoms with Gasteiger partial charge in [0.25, 0.3) is 0 Å². The monoisotopic (exact) mass is 270 g/mol. The highest BCUT2D eigenvalue weighted by Crippen LogP contribution is 2.44. The minimum Gasteiger partial charge on any atom is -0.385 e. The Morgan fingerprint density at radius 3 is 2.55 bits per heavy atom. The molecule has 106 valence electrons. The Labute approximate surface area is 120 Å². The van der Waals surface area contributed by atoms with Gasteiger partial charge in [0.05, 0.1) is 17.2 Å². The molecule has 3 nitrogen and oxygen atoms in total. The highest BCUT2D eigenvalue weighted by molar-refractivity contribution is 5.44. The lowest BCUT2D eigenvalue weighted by atomic mass is 9.71. The summed E-state index contributed by atoms with van der Waals surface area (Å²) < 4.78 is 0. The number of aliphatic hydroxyl groups is 1. The highest BCUT2D eigenvalue weighted by atomic mass is 16.3. The first-order valence-electron chi connectivity index (χ1n) is 7.49. The SMILES string of the molecule is Cc1ccc(C#N)c(C2(O)CC3CCCC(C2)N3C)c1. The van der Waals surface area contributed by atoms with Crippen LogP contribution in [0.1, 0.15) is 48.8 Å². The van der Waals surface area contributed by atoms with Crippen molar-refractivity contribution in [2.75, 3.05) is 7.05 Å². The Morgan fingerprint density at radius 1 is 1.30 bits per heavy atom. The number of nitriles is 1. The van der Waals surface area contributed by atoms with Crippen LogP contribution in [-0.2, 0) is 5.60 Å². The van der Waals surface area contributed by atoms with Gasteiger partial charge < -0.3 is 10.0 Å². The van der Waals surface area contributed by atoms with Crippen molar-refractivity contribution in [3.05, 3.63) is 34.9 Å². The van der Waals surface area contributed by atoms with Gasteiger partial charge >= 0.3 is 0 Å². The van der Waals surface area contributed by atoms with Crippen molar-refractivity contribution < 1.29 is 5.11 Å². The maximum absolute atomic E-state index is 11.2. The van der Waals surface area contributed by atoms with E-state index < -0.39 is 5.60 Å². The molecule has 3 rings (SSSR count). The van der Waals surface area contributed by atoms with E-state index in [1.165, 1.54) is 6.42 Å². The summed E-state index contributed by atoms with van der Waals surface area (Å²) in [5.74, 6) is 0.